The Kier molecular flexibility index (Phi) is 5.07. The summed E-state index contributed by atoms with van der Waals surface area (Å²) in [5.41, 5.74) is 0.562. The van der Waals surface area contributed by atoms with E-state index >= 15 is 0 Å². The molecule has 1 saturated heterocycles. The average Bonchev–Trinajstić information content (AvgIpc) is 2.94. The second-order valence-corrected chi connectivity index (χ2v) is 4.95. The molecule has 1 aliphatic rings. The molecule has 0 aromatic heterocycles. The Morgan fingerprint density at radius 2 is 2.05 bits per heavy atom. The van der Waals surface area contributed by atoms with Crippen LogP contribution in [0.15, 0.2) is 43.0 Å². The van der Waals surface area contributed by atoms with Gasteiger partial charge in [0.25, 0.3) is 0 Å². The van der Waals surface area contributed by atoms with Crippen LogP contribution in [0.2, 0.25) is 0 Å². The standard InChI is InChI=1S/C16H19NO3/c1-2-6-13-9-17-10-14(13)16(19)20-11-15(18)12-7-4-3-5-8-12/h2-5,7-8,13-14,17H,1,6,9-11H2/t13-,14?/m0/s1. The zero-order chi connectivity index (χ0) is 14.4. The highest BCUT2D eigenvalue weighted by Gasteiger charge is 2.33. The summed E-state index contributed by atoms with van der Waals surface area (Å²) < 4.78 is 5.16. The molecule has 1 N–H and O–H groups in total. The lowest BCUT2D eigenvalue weighted by atomic mass is 9.93. The van der Waals surface area contributed by atoms with E-state index in [9.17, 15) is 9.59 Å². The zero-order valence-corrected chi connectivity index (χ0v) is 11.4. The van der Waals surface area contributed by atoms with Crippen molar-refractivity contribution < 1.29 is 14.3 Å². The fraction of sp³-hybridized carbons (Fsp3) is 0.375. The first-order valence-corrected chi connectivity index (χ1v) is 6.79. The molecule has 0 bridgehead atoms. The Labute approximate surface area is 118 Å². The first kappa shape index (κ1) is 14.5. The normalized spacial score (nSPS) is 21.4. The van der Waals surface area contributed by atoms with Crippen LogP contribution in [-0.4, -0.2) is 31.4 Å². The molecule has 1 aromatic carbocycles. The molecule has 0 amide bonds. The van der Waals surface area contributed by atoms with Gasteiger partial charge in [0.1, 0.15) is 0 Å². The summed E-state index contributed by atoms with van der Waals surface area (Å²) in [6, 6.07) is 8.85. The van der Waals surface area contributed by atoms with E-state index in [0.717, 1.165) is 13.0 Å². The van der Waals surface area contributed by atoms with Gasteiger partial charge in [0, 0.05) is 12.1 Å². The van der Waals surface area contributed by atoms with Gasteiger partial charge in [0.05, 0.1) is 5.92 Å². The van der Waals surface area contributed by atoms with Crippen molar-refractivity contribution in [2.75, 3.05) is 19.7 Å². The van der Waals surface area contributed by atoms with Crippen LogP contribution in [0.1, 0.15) is 16.8 Å². The van der Waals surface area contributed by atoms with Gasteiger partial charge in [-0.05, 0) is 18.9 Å². The molecule has 0 saturated carbocycles. The van der Waals surface area contributed by atoms with E-state index in [1.165, 1.54) is 0 Å². The number of hydrogen-bond donors (Lipinski definition) is 1. The van der Waals surface area contributed by atoms with Crippen molar-refractivity contribution in [3.05, 3.63) is 48.6 Å². The summed E-state index contributed by atoms with van der Waals surface area (Å²) in [5.74, 6) is -0.445. The van der Waals surface area contributed by atoms with E-state index < -0.39 is 0 Å². The summed E-state index contributed by atoms with van der Waals surface area (Å²) in [5, 5.41) is 3.17. The molecule has 1 fully saturated rings. The number of carbonyl (C=O) groups excluding carboxylic acids is 2. The third-order valence-corrected chi connectivity index (χ3v) is 3.55. The van der Waals surface area contributed by atoms with Gasteiger partial charge in [-0.15, -0.1) is 6.58 Å². The number of ketones is 1. The Hall–Kier alpha value is -1.94. The maximum absolute atomic E-state index is 12.0. The molecule has 1 heterocycles. The third kappa shape index (κ3) is 3.54. The number of esters is 1. The number of hydrogen-bond acceptors (Lipinski definition) is 4. The molecule has 20 heavy (non-hydrogen) atoms. The number of Topliss-reactive ketones (excluding diaryl/α,β-unsaturated/α-hetero) is 1. The monoisotopic (exact) mass is 273 g/mol. The fourth-order valence-electron chi connectivity index (χ4n) is 2.42. The lowest BCUT2D eigenvalue weighted by Crippen LogP contribution is -2.27. The second kappa shape index (κ2) is 7.01. The lowest BCUT2D eigenvalue weighted by Gasteiger charge is -2.15. The molecule has 2 atom stereocenters. The van der Waals surface area contributed by atoms with Gasteiger partial charge in [0.2, 0.25) is 0 Å². The van der Waals surface area contributed by atoms with Gasteiger partial charge < -0.3 is 10.1 Å². The minimum Gasteiger partial charge on any atom is -0.457 e. The van der Waals surface area contributed by atoms with E-state index in [4.69, 9.17) is 4.74 Å². The summed E-state index contributed by atoms with van der Waals surface area (Å²) in [6.45, 7) is 4.90. The molecule has 2 rings (SSSR count). The van der Waals surface area contributed by atoms with Crippen LogP contribution < -0.4 is 5.32 Å². The van der Waals surface area contributed by atoms with Crippen LogP contribution in [0.3, 0.4) is 0 Å². The fourth-order valence-corrected chi connectivity index (χ4v) is 2.42. The molecule has 1 unspecified atom stereocenters. The molecular formula is C16H19NO3. The van der Waals surface area contributed by atoms with Crippen LogP contribution >= 0.6 is 0 Å². The molecular weight excluding hydrogens is 254 g/mol. The Morgan fingerprint density at radius 1 is 1.30 bits per heavy atom. The minimum absolute atomic E-state index is 0.176. The number of carbonyl (C=O) groups is 2. The maximum atomic E-state index is 12.0. The Balaban J connectivity index is 1.86. The van der Waals surface area contributed by atoms with E-state index in [1.807, 2.05) is 12.1 Å². The predicted molar refractivity (Wildman–Crippen MR) is 76.4 cm³/mol. The van der Waals surface area contributed by atoms with Crippen molar-refractivity contribution in [1.82, 2.24) is 5.32 Å². The van der Waals surface area contributed by atoms with Gasteiger partial charge >= 0.3 is 5.97 Å². The van der Waals surface area contributed by atoms with Gasteiger partial charge in [-0.25, -0.2) is 0 Å². The maximum Gasteiger partial charge on any atom is 0.311 e. The molecule has 1 aromatic rings. The number of benzene rings is 1. The highest BCUT2D eigenvalue weighted by molar-refractivity contribution is 5.97. The summed E-state index contributed by atoms with van der Waals surface area (Å²) in [6.07, 6.45) is 2.59. The Bertz CT molecular complexity index is 484. The van der Waals surface area contributed by atoms with Crippen molar-refractivity contribution in [3.8, 4) is 0 Å². The summed E-state index contributed by atoms with van der Waals surface area (Å²) in [4.78, 5) is 23.9. The van der Waals surface area contributed by atoms with Crippen LogP contribution in [0.25, 0.3) is 0 Å². The molecule has 1 aliphatic heterocycles. The molecule has 0 aliphatic carbocycles. The highest BCUT2D eigenvalue weighted by Crippen LogP contribution is 2.22. The van der Waals surface area contributed by atoms with Crippen molar-refractivity contribution in [3.63, 3.8) is 0 Å². The van der Waals surface area contributed by atoms with Crippen LogP contribution in [-0.2, 0) is 9.53 Å². The van der Waals surface area contributed by atoms with Gasteiger partial charge in [-0.2, -0.15) is 0 Å². The van der Waals surface area contributed by atoms with Crippen LogP contribution in [0, 0.1) is 11.8 Å². The molecule has 4 nitrogen and oxygen atoms in total. The second-order valence-electron chi connectivity index (χ2n) is 4.95. The Morgan fingerprint density at radius 3 is 2.75 bits per heavy atom. The number of nitrogens with one attached hydrogen (secondary N) is 1. The predicted octanol–water partition coefficient (Wildman–Crippen LogP) is 1.82. The smallest absolute Gasteiger partial charge is 0.311 e. The largest absolute Gasteiger partial charge is 0.457 e. The minimum atomic E-state index is -0.300. The lowest BCUT2D eigenvalue weighted by molar-refractivity contribution is -0.148. The van der Waals surface area contributed by atoms with Gasteiger partial charge in [0.15, 0.2) is 12.4 Å². The van der Waals surface area contributed by atoms with Crippen LogP contribution in [0.5, 0.6) is 0 Å². The van der Waals surface area contributed by atoms with Crippen molar-refractivity contribution in [2.24, 2.45) is 11.8 Å². The van der Waals surface area contributed by atoms with E-state index in [0.29, 0.717) is 12.1 Å². The first-order chi connectivity index (χ1) is 9.72. The average molecular weight is 273 g/mol. The third-order valence-electron chi connectivity index (χ3n) is 3.55. The molecule has 0 radical (unpaired) electrons. The van der Waals surface area contributed by atoms with Crippen molar-refractivity contribution >= 4 is 11.8 Å². The SMILES string of the molecule is C=CC[C@H]1CNCC1C(=O)OCC(=O)c1ccccc1. The number of allylic oxidation sites excluding steroid dienone is 1. The first-order valence-electron chi connectivity index (χ1n) is 6.79. The van der Waals surface area contributed by atoms with Crippen LogP contribution in [0.4, 0.5) is 0 Å². The van der Waals surface area contributed by atoms with E-state index in [1.54, 1.807) is 24.3 Å². The summed E-state index contributed by atoms with van der Waals surface area (Å²) >= 11 is 0. The number of rotatable bonds is 6. The highest BCUT2D eigenvalue weighted by atomic mass is 16.5. The molecule has 0 spiro atoms. The van der Waals surface area contributed by atoms with Crippen molar-refractivity contribution in [2.45, 2.75) is 6.42 Å². The number of ether oxygens (including phenoxy) is 1. The molecule has 106 valence electrons. The van der Waals surface area contributed by atoms with Crippen molar-refractivity contribution in [1.29, 1.82) is 0 Å². The topological polar surface area (TPSA) is 55.4 Å². The van der Waals surface area contributed by atoms with Gasteiger partial charge in [-0.3, -0.25) is 9.59 Å². The zero-order valence-electron chi connectivity index (χ0n) is 11.4. The molecule has 4 heteroatoms. The van der Waals surface area contributed by atoms with Gasteiger partial charge in [-0.1, -0.05) is 36.4 Å². The van der Waals surface area contributed by atoms with E-state index in [2.05, 4.69) is 11.9 Å². The van der Waals surface area contributed by atoms with E-state index in [-0.39, 0.29) is 30.2 Å². The quantitative estimate of drug-likeness (QED) is 0.488. The summed E-state index contributed by atoms with van der Waals surface area (Å²) in [7, 11) is 0.